The monoisotopic (exact) mass is 292 g/mol. The van der Waals surface area contributed by atoms with E-state index in [-0.39, 0.29) is 0 Å². The summed E-state index contributed by atoms with van der Waals surface area (Å²) in [6.07, 6.45) is 7.26. The highest BCUT2D eigenvalue weighted by molar-refractivity contribution is 5.87. The zero-order valence-electron chi connectivity index (χ0n) is 14.6. The summed E-state index contributed by atoms with van der Waals surface area (Å²) in [5.41, 5.74) is 8.09. The molecule has 0 radical (unpaired) electrons. The lowest BCUT2D eigenvalue weighted by Gasteiger charge is -2.09. The molecule has 0 spiro atoms. The Morgan fingerprint density at radius 1 is 0.909 bits per heavy atom. The molecule has 0 heterocycles. The molecule has 0 N–H and O–H groups in total. The maximum atomic E-state index is 3.99. The van der Waals surface area contributed by atoms with Gasteiger partial charge in [-0.3, -0.25) is 0 Å². The standard InChI is InChI=1S/C18H16.2C2H6/c1-3-7-13-10-11-15-12-14-8-5-6-9-17(14)18(15)16(13)4-2;2*1-2/h3-11H,2,12H2,1H3;2*1-2H3/b7-3-;;. The first kappa shape index (κ1) is 18.0. The molecule has 1 aliphatic carbocycles. The van der Waals surface area contributed by atoms with Crippen LogP contribution < -0.4 is 0 Å². The van der Waals surface area contributed by atoms with Crippen LogP contribution in [0.15, 0.2) is 49.1 Å². The van der Waals surface area contributed by atoms with Gasteiger partial charge in [-0.25, -0.2) is 0 Å². The molecule has 116 valence electrons. The normalized spacial score (nSPS) is 10.8. The molecular formula is C22H28. The molecule has 0 aromatic heterocycles. The Morgan fingerprint density at radius 3 is 2.23 bits per heavy atom. The maximum absolute atomic E-state index is 3.99. The Morgan fingerprint density at radius 2 is 1.59 bits per heavy atom. The largest absolute Gasteiger partial charge is 0.0984 e. The van der Waals surface area contributed by atoms with E-state index in [1.807, 2.05) is 40.7 Å². The van der Waals surface area contributed by atoms with Crippen molar-refractivity contribution < 1.29 is 0 Å². The van der Waals surface area contributed by atoms with Crippen molar-refractivity contribution >= 4 is 12.2 Å². The molecule has 0 amide bonds. The third-order valence-electron chi connectivity index (χ3n) is 3.58. The lowest BCUT2D eigenvalue weighted by atomic mass is 9.94. The van der Waals surface area contributed by atoms with Gasteiger partial charge in [0.2, 0.25) is 0 Å². The minimum absolute atomic E-state index is 1.04. The molecule has 0 unspecified atom stereocenters. The Bertz CT molecular complexity index is 645. The van der Waals surface area contributed by atoms with Crippen LogP contribution in [-0.4, -0.2) is 0 Å². The first-order valence-electron chi connectivity index (χ1n) is 8.34. The second kappa shape index (κ2) is 9.04. The molecule has 1 aliphatic rings. The molecule has 2 aromatic rings. The first-order valence-corrected chi connectivity index (χ1v) is 8.34. The molecule has 0 fully saturated rings. The Labute approximate surface area is 136 Å². The highest BCUT2D eigenvalue weighted by atomic mass is 14.2. The third kappa shape index (κ3) is 3.39. The van der Waals surface area contributed by atoms with Crippen molar-refractivity contribution in [3.63, 3.8) is 0 Å². The molecule has 2 aromatic carbocycles. The molecule has 0 heteroatoms. The quantitative estimate of drug-likeness (QED) is 0.477. The van der Waals surface area contributed by atoms with E-state index in [0.717, 1.165) is 6.42 Å². The summed E-state index contributed by atoms with van der Waals surface area (Å²) in [5.74, 6) is 0. The zero-order chi connectivity index (χ0) is 16.5. The number of fused-ring (bicyclic) bond motifs is 3. The second-order valence-corrected chi connectivity index (χ2v) is 4.64. The molecule has 0 atom stereocenters. The van der Waals surface area contributed by atoms with E-state index in [1.54, 1.807) is 0 Å². The van der Waals surface area contributed by atoms with Gasteiger partial charge in [0, 0.05) is 0 Å². The van der Waals surface area contributed by atoms with E-state index in [1.165, 1.54) is 33.4 Å². The van der Waals surface area contributed by atoms with Crippen LogP contribution in [0.1, 0.15) is 56.9 Å². The summed E-state index contributed by atoms with van der Waals surface area (Å²) in [6.45, 7) is 14.0. The van der Waals surface area contributed by atoms with Crippen molar-refractivity contribution in [1.82, 2.24) is 0 Å². The summed E-state index contributed by atoms with van der Waals surface area (Å²) in [7, 11) is 0. The minimum atomic E-state index is 1.04. The van der Waals surface area contributed by atoms with E-state index in [4.69, 9.17) is 0 Å². The highest BCUT2D eigenvalue weighted by Gasteiger charge is 2.20. The highest BCUT2D eigenvalue weighted by Crippen LogP contribution is 2.40. The Balaban J connectivity index is 0.000000561. The molecule has 3 rings (SSSR count). The van der Waals surface area contributed by atoms with Gasteiger partial charge in [-0.1, -0.05) is 88.9 Å². The number of benzene rings is 2. The van der Waals surface area contributed by atoms with Crippen molar-refractivity contribution in [2.24, 2.45) is 0 Å². The van der Waals surface area contributed by atoms with Crippen molar-refractivity contribution in [1.29, 1.82) is 0 Å². The van der Waals surface area contributed by atoms with Crippen LogP contribution in [0.3, 0.4) is 0 Å². The number of allylic oxidation sites excluding steroid dienone is 1. The molecular weight excluding hydrogens is 264 g/mol. The molecule has 0 aliphatic heterocycles. The topological polar surface area (TPSA) is 0 Å². The van der Waals surface area contributed by atoms with E-state index < -0.39 is 0 Å². The average molecular weight is 292 g/mol. The second-order valence-electron chi connectivity index (χ2n) is 4.64. The van der Waals surface area contributed by atoms with Crippen LogP contribution in [0.25, 0.3) is 23.3 Å². The van der Waals surface area contributed by atoms with E-state index in [2.05, 4.69) is 55.1 Å². The lowest BCUT2D eigenvalue weighted by molar-refractivity contribution is 1.26. The molecule has 0 saturated carbocycles. The van der Waals surface area contributed by atoms with E-state index in [9.17, 15) is 0 Å². The number of hydrogen-bond donors (Lipinski definition) is 0. The van der Waals surface area contributed by atoms with Crippen molar-refractivity contribution in [2.75, 3.05) is 0 Å². The van der Waals surface area contributed by atoms with Crippen molar-refractivity contribution in [3.8, 4) is 11.1 Å². The van der Waals surface area contributed by atoms with Crippen molar-refractivity contribution in [3.05, 3.63) is 71.3 Å². The molecule has 22 heavy (non-hydrogen) atoms. The van der Waals surface area contributed by atoms with Crippen LogP contribution in [0.5, 0.6) is 0 Å². The van der Waals surface area contributed by atoms with Crippen LogP contribution in [0.4, 0.5) is 0 Å². The van der Waals surface area contributed by atoms with Crippen LogP contribution >= 0.6 is 0 Å². The fraction of sp³-hybridized carbons (Fsp3) is 0.273. The SMILES string of the molecule is C=Cc1c(/C=C\C)ccc2c1-c1ccccc1C2.CC.CC. The van der Waals surface area contributed by atoms with Crippen LogP contribution in [0.2, 0.25) is 0 Å². The number of hydrogen-bond acceptors (Lipinski definition) is 0. The Kier molecular flexibility index (Phi) is 7.39. The molecule has 0 saturated heterocycles. The van der Waals surface area contributed by atoms with Gasteiger partial charge in [0.05, 0.1) is 0 Å². The predicted molar refractivity (Wildman–Crippen MR) is 102 cm³/mol. The van der Waals surface area contributed by atoms with Crippen LogP contribution in [-0.2, 0) is 6.42 Å². The first-order chi connectivity index (χ1) is 10.8. The third-order valence-corrected chi connectivity index (χ3v) is 3.58. The van der Waals surface area contributed by atoms with E-state index in [0.29, 0.717) is 0 Å². The van der Waals surface area contributed by atoms with Crippen molar-refractivity contribution in [2.45, 2.75) is 41.0 Å². The fourth-order valence-electron chi connectivity index (χ4n) is 2.81. The summed E-state index contributed by atoms with van der Waals surface area (Å²) in [4.78, 5) is 0. The van der Waals surface area contributed by atoms with Gasteiger partial charge in [0.25, 0.3) is 0 Å². The van der Waals surface area contributed by atoms with Gasteiger partial charge in [-0.15, -0.1) is 0 Å². The maximum Gasteiger partial charge on any atom is -0.00132 e. The predicted octanol–water partition coefficient (Wildman–Crippen LogP) is 6.99. The fourth-order valence-corrected chi connectivity index (χ4v) is 2.81. The number of rotatable bonds is 2. The van der Waals surface area contributed by atoms with Gasteiger partial charge in [-0.05, 0) is 46.7 Å². The lowest BCUT2D eigenvalue weighted by Crippen LogP contribution is -1.88. The zero-order valence-corrected chi connectivity index (χ0v) is 14.6. The van der Waals surface area contributed by atoms with Gasteiger partial charge < -0.3 is 0 Å². The molecule has 0 bridgehead atoms. The average Bonchev–Trinajstić information content (AvgIpc) is 2.97. The smallest absolute Gasteiger partial charge is 0.00132 e. The van der Waals surface area contributed by atoms with Gasteiger partial charge in [0.15, 0.2) is 0 Å². The van der Waals surface area contributed by atoms with E-state index >= 15 is 0 Å². The van der Waals surface area contributed by atoms with Crippen LogP contribution in [0, 0.1) is 0 Å². The molecule has 0 nitrogen and oxygen atoms in total. The summed E-state index contributed by atoms with van der Waals surface area (Å²) >= 11 is 0. The summed E-state index contributed by atoms with van der Waals surface area (Å²) in [6, 6.07) is 13.1. The minimum Gasteiger partial charge on any atom is -0.0984 e. The Hall–Kier alpha value is -2.08. The van der Waals surface area contributed by atoms with Gasteiger partial charge >= 0.3 is 0 Å². The van der Waals surface area contributed by atoms with Gasteiger partial charge in [0.1, 0.15) is 0 Å². The van der Waals surface area contributed by atoms with Gasteiger partial charge in [-0.2, -0.15) is 0 Å². The summed E-state index contributed by atoms with van der Waals surface area (Å²) < 4.78 is 0. The summed E-state index contributed by atoms with van der Waals surface area (Å²) in [5, 5.41) is 0.